The zero-order chi connectivity index (χ0) is 10.7. The number of rotatable bonds is 3. The minimum absolute atomic E-state index is 0.0631. The van der Waals surface area contributed by atoms with Crippen LogP contribution in [0.15, 0.2) is 5.16 Å². The summed E-state index contributed by atoms with van der Waals surface area (Å²) in [6.45, 7) is 0. The topological polar surface area (TPSA) is 75.3 Å². The summed E-state index contributed by atoms with van der Waals surface area (Å²) in [6.07, 6.45) is 1.75. The molecule has 0 aliphatic rings. The SMILES string of the molecule is COc1nc(SC)nc(Cl)c1[N+](=O)O. The number of methoxy groups -OCH3 is 1. The van der Waals surface area contributed by atoms with Crippen LogP contribution in [-0.2, 0) is 0 Å². The van der Waals surface area contributed by atoms with Crippen molar-refractivity contribution in [3.8, 4) is 5.88 Å². The molecule has 0 fully saturated rings. The average Bonchev–Trinajstić information content (AvgIpc) is 2.15. The first-order valence-electron chi connectivity index (χ1n) is 3.41. The first-order chi connectivity index (χ1) is 6.60. The van der Waals surface area contributed by atoms with E-state index >= 15 is 0 Å². The molecule has 76 valence electrons. The molecule has 0 amide bonds. The Morgan fingerprint density at radius 1 is 1.57 bits per heavy atom. The lowest BCUT2D eigenvalue weighted by Gasteiger charge is -2.00. The summed E-state index contributed by atoms with van der Waals surface area (Å²) in [5.41, 5.74) is -0.299. The van der Waals surface area contributed by atoms with E-state index in [1.807, 2.05) is 0 Å². The molecule has 1 aromatic heterocycles. The van der Waals surface area contributed by atoms with Crippen molar-refractivity contribution >= 4 is 29.1 Å². The molecule has 0 spiro atoms. The Bertz CT molecular complexity index is 374. The first kappa shape index (κ1) is 11.0. The lowest BCUT2D eigenvalue weighted by atomic mass is 10.5. The normalized spacial score (nSPS) is 9.93. The molecule has 1 aromatic rings. The van der Waals surface area contributed by atoms with Gasteiger partial charge in [-0.2, -0.15) is 4.98 Å². The zero-order valence-electron chi connectivity index (χ0n) is 7.39. The summed E-state index contributed by atoms with van der Waals surface area (Å²) in [4.78, 5) is 17.8. The molecule has 0 radical (unpaired) electrons. The molecule has 1 heterocycles. The molecule has 1 N–H and O–H groups in total. The number of ether oxygens (including phenoxy) is 1. The van der Waals surface area contributed by atoms with Gasteiger partial charge in [0, 0.05) is 0 Å². The molecular weight excluding hydrogens is 230 g/mol. The summed E-state index contributed by atoms with van der Waals surface area (Å²) in [5.74, 6) is -0.0631. The van der Waals surface area contributed by atoms with Gasteiger partial charge in [-0.05, 0) is 6.26 Å². The Morgan fingerprint density at radius 3 is 2.64 bits per heavy atom. The van der Waals surface area contributed by atoms with Crippen molar-refractivity contribution in [1.29, 1.82) is 0 Å². The largest absolute Gasteiger partial charge is 0.476 e. The van der Waals surface area contributed by atoms with Crippen LogP contribution in [0.1, 0.15) is 0 Å². The summed E-state index contributed by atoms with van der Waals surface area (Å²) < 4.78 is 4.78. The van der Waals surface area contributed by atoms with Crippen molar-refractivity contribution < 1.29 is 14.9 Å². The fourth-order valence-electron chi connectivity index (χ4n) is 0.784. The second kappa shape index (κ2) is 4.43. The maximum Gasteiger partial charge on any atom is 0.414 e. The fourth-order valence-corrected chi connectivity index (χ4v) is 1.42. The van der Waals surface area contributed by atoms with Crippen LogP contribution in [0, 0.1) is 4.91 Å². The molecule has 14 heavy (non-hydrogen) atoms. The smallest absolute Gasteiger partial charge is 0.414 e. The van der Waals surface area contributed by atoms with Crippen LogP contribution in [0.25, 0.3) is 0 Å². The number of halogens is 1. The molecule has 0 aliphatic carbocycles. The van der Waals surface area contributed by atoms with Crippen LogP contribution in [0.2, 0.25) is 5.15 Å². The van der Waals surface area contributed by atoms with E-state index in [2.05, 4.69) is 9.97 Å². The summed E-state index contributed by atoms with van der Waals surface area (Å²) in [7, 11) is 1.32. The van der Waals surface area contributed by atoms with E-state index in [1.165, 1.54) is 18.9 Å². The average molecular weight is 237 g/mol. The standard InChI is InChI=1S/C6H7ClN3O3S/c1-13-5-3(10(11)12)4(7)8-6(9-5)14-2/h1-2H3,(H,11,12)/q+1. The fraction of sp³-hybridized carbons (Fsp3) is 0.333. The van der Waals surface area contributed by atoms with Gasteiger partial charge in [-0.15, -0.1) is 0 Å². The molecule has 6 nitrogen and oxygen atoms in total. The van der Waals surface area contributed by atoms with E-state index in [-0.39, 0.29) is 16.7 Å². The monoisotopic (exact) mass is 236 g/mol. The first-order valence-corrected chi connectivity index (χ1v) is 5.02. The van der Waals surface area contributed by atoms with Crippen molar-refractivity contribution in [1.82, 2.24) is 9.97 Å². The van der Waals surface area contributed by atoms with E-state index in [1.54, 1.807) is 6.26 Å². The molecule has 8 heteroatoms. The minimum Gasteiger partial charge on any atom is -0.476 e. The van der Waals surface area contributed by atoms with E-state index in [4.69, 9.17) is 21.5 Å². The van der Waals surface area contributed by atoms with Crippen LogP contribution in [0.5, 0.6) is 5.88 Å². The van der Waals surface area contributed by atoms with Gasteiger partial charge in [0.2, 0.25) is 5.15 Å². The second-order valence-electron chi connectivity index (χ2n) is 2.13. The highest BCUT2D eigenvalue weighted by atomic mass is 35.5. The van der Waals surface area contributed by atoms with Crippen molar-refractivity contribution in [3.05, 3.63) is 10.1 Å². The van der Waals surface area contributed by atoms with E-state index in [0.717, 1.165) is 0 Å². The molecule has 0 saturated heterocycles. The second-order valence-corrected chi connectivity index (χ2v) is 3.26. The molecule has 0 atom stereocenters. The quantitative estimate of drug-likeness (QED) is 0.372. The predicted octanol–water partition coefficient (Wildman–Crippen LogP) is 1.66. The highest BCUT2D eigenvalue weighted by molar-refractivity contribution is 7.98. The third-order valence-electron chi connectivity index (χ3n) is 1.36. The van der Waals surface area contributed by atoms with Crippen molar-refractivity contribution in [3.63, 3.8) is 0 Å². The number of nitrogens with zero attached hydrogens (tertiary/aromatic N) is 3. The van der Waals surface area contributed by atoms with Gasteiger partial charge in [-0.25, -0.2) is 10.2 Å². The molecule has 0 aliphatic heterocycles. The summed E-state index contributed by atoms with van der Waals surface area (Å²) in [6, 6.07) is 0. The van der Waals surface area contributed by atoms with Crippen LogP contribution in [0.4, 0.5) is 5.69 Å². The van der Waals surface area contributed by atoms with Crippen LogP contribution >= 0.6 is 23.4 Å². The Morgan fingerprint density at radius 2 is 2.21 bits per heavy atom. The molecular formula is C6H7ClN3O3S+. The van der Waals surface area contributed by atoms with Crippen LogP contribution in [-0.4, -0.2) is 33.5 Å². The molecule has 0 aromatic carbocycles. The number of aromatic nitrogens is 2. The Kier molecular flexibility index (Phi) is 3.48. The predicted molar refractivity (Wildman–Crippen MR) is 50.4 cm³/mol. The Balaban J connectivity index is 3.34. The van der Waals surface area contributed by atoms with Crippen molar-refractivity contribution in [2.24, 2.45) is 0 Å². The highest BCUT2D eigenvalue weighted by Gasteiger charge is 2.28. The number of hydrogen-bond donors (Lipinski definition) is 1. The van der Waals surface area contributed by atoms with Gasteiger partial charge in [0.25, 0.3) is 4.92 Å². The zero-order valence-corrected chi connectivity index (χ0v) is 8.96. The maximum absolute atomic E-state index is 10.7. The minimum atomic E-state index is -0.425. The van der Waals surface area contributed by atoms with Crippen molar-refractivity contribution in [2.45, 2.75) is 5.16 Å². The number of hydrogen-bond acceptors (Lipinski definition) is 5. The molecule has 0 saturated carbocycles. The van der Waals surface area contributed by atoms with Gasteiger partial charge >= 0.3 is 11.6 Å². The van der Waals surface area contributed by atoms with E-state index in [9.17, 15) is 4.91 Å². The Hall–Kier alpha value is -1.08. The van der Waals surface area contributed by atoms with Crippen LogP contribution in [0.3, 0.4) is 0 Å². The van der Waals surface area contributed by atoms with Gasteiger partial charge < -0.3 is 4.74 Å². The van der Waals surface area contributed by atoms with Gasteiger partial charge in [0.15, 0.2) is 5.16 Å². The summed E-state index contributed by atoms with van der Waals surface area (Å²) >= 11 is 6.89. The van der Waals surface area contributed by atoms with Gasteiger partial charge in [-0.3, -0.25) is 0 Å². The maximum atomic E-state index is 10.7. The van der Waals surface area contributed by atoms with Gasteiger partial charge in [0.05, 0.1) is 12.0 Å². The molecule has 1 rings (SSSR count). The summed E-state index contributed by atoms with van der Waals surface area (Å²) in [5, 5.41) is 8.91. The lowest BCUT2D eigenvalue weighted by Crippen LogP contribution is -2.02. The van der Waals surface area contributed by atoms with E-state index in [0.29, 0.717) is 5.16 Å². The number of thioether (sulfide) groups is 1. The molecule has 0 unspecified atom stereocenters. The van der Waals surface area contributed by atoms with Crippen LogP contribution < -0.4 is 4.74 Å². The van der Waals surface area contributed by atoms with Gasteiger partial charge in [0.1, 0.15) is 0 Å². The third kappa shape index (κ3) is 2.05. The lowest BCUT2D eigenvalue weighted by molar-refractivity contribution is -0.730. The molecule has 0 bridgehead atoms. The van der Waals surface area contributed by atoms with E-state index < -0.39 is 4.92 Å². The Labute approximate surface area is 88.8 Å². The van der Waals surface area contributed by atoms with Gasteiger partial charge in [-0.1, -0.05) is 23.4 Å². The third-order valence-corrected chi connectivity index (χ3v) is 2.17. The van der Waals surface area contributed by atoms with Crippen molar-refractivity contribution in [2.75, 3.05) is 13.4 Å². The highest BCUT2D eigenvalue weighted by Crippen LogP contribution is 2.32.